The molecule has 1 aromatic heterocycles. The van der Waals surface area contributed by atoms with Gasteiger partial charge in [0, 0.05) is 24.7 Å². The van der Waals surface area contributed by atoms with Crippen molar-refractivity contribution in [3.8, 4) is 0 Å². The van der Waals surface area contributed by atoms with E-state index in [0.717, 1.165) is 12.3 Å². The molecule has 1 aromatic rings. The van der Waals surface area contributed by atoms with E-state index in [9.17, 15) is 4.79 Å². The van der Waals surface area contributed by atoms with Gasteiger partial charge < -0.3 is 9.67 Å². The van der Waals surface area contributed by atoms with Crippen molar-refractivity contribution < 1.29 is 9.90 Å². The highest BCUT2D eigenvalue weighted by Gasteiger charge is 2.21. The van der Waals surface area contributed by atoms with Gasteiger partial charge in [-0.15, -0.1) is 11.8 Å². The van der Waals surface area contributed by atoms with Crippen LogP contribution in [0.3, 0.4) is 0 Å². The summed E-state index contributed by atoms with van der Waals surface area (Å²) < 4.78 is 1.95. The molecule has 15 heavy (non-hydrogen) atoms. The lowest BCUT2D eigenvalue weighted by Crippen LogP contribution is -2.23. The maximum Gasteiger partial charge on any atom is 0.316 e. The summed E-state index contributed by atoms with van der Waals surface area (Å²) in [6.45, 7) is 4.67. The first-order valence-electron chi connectivity index (χ1n) is 4.91. The summed E-state index contributed by atoms with van der Waals surface area (Å²) in [6.07, 6.45) is 5.35. The molecule has 0 aliphatic heterocycles. The smallest absolute Gasteiger partial charge is 0.316 e. The van der Waals surface area contributed by atoms with E-state index in [-0.39, 0.29) is 11.2 Å². The molecule has 0 amide bonds. The van der Waals surface area contributed by atoms with E-state index >= 15 is 0 Å². The molecule has 1 heterocycles. The molecule has 84 valence electrons. The monoisotopic (exact) mass is 228 g/mol. The van der Waals surface area contributed by atoms with Gasteiger partial charge in [-0.1, -0.05) is 13.8 Å². The summed E-state index contributed by atoms with van der Waals surface area (Å²) in [4.78, 5) is 14.8. The predicted molar refractivity (Wildman–Crippen MR) is 60.9 cm³/mol. The number of hydrogen-bond acceptors (Lipinski definition) is 3. The van der Waals surface area contributed by atoms with Crippen LogP contribution in [0.1, 0.15) is 13.8 Å². The summed E-state index contributed by atoms with van der Waals surface area (Å²) in [5.74, 6) is 0.238. The second-order valence-electron chi connectivity index (χ2n) is 3.67. The van der Waals surface area contributed by atoms with Crippen molar-refractivity contribution >= 4 is 17.7 Å². The molecule has 0 fully saturated rings. The van der Waals surface area contributed by atoms with Gasteiger partial charge in [0.05, 0.1) is 6.33 Å². The maximum absolute atomic E-state index is 10.9. The topological polar surface area (TPSA) is 55.1 Å². The van der Waals surface area contributed by atoms with Crippen LogP contribution in [0.4, 0.5) is 0 Å². The highest BCUT2D eigenvalue weighted by atomic mass is 32.2. The zero-order valence-corrected chi connectivity index (χ0v) is 9.78. The minimum Gasteiger partial charge on any atom is -0.480 e. The van der Waals surface area contributed by atoms with E-state index in [1.165, 1.54) is 11.8 Å². The minimum absolute atomic E-state index is 0.162. The Morgan fingerprint density at radius 1 is 1.60 bits per heavy atom. The van der Waals surface area contributed by atoms with Gasteiger partial charge in [-0.25, -0.2) is 4.98 Å². The van der Waals surface area contributed by atoms with Gasteiger partial charge in [-0.3, -0.25) is 4.79 Å². The summed E-state index contributed by atoms with van der Waals surface area (Å²) in [7, 11) is 0. The third-order valence-electron chi connectivity index (χ3n) is 2.05. The summed E-state index contributed by atoms with van der Waals surface area (Å²) in [6, 6.07) is 0. The Hall–Kier alpha value is -0.970. The Bertz CT molecular complexity index is 298. The first-order valence-corrected chi connectivity index (χ1v) is 5.96. The number of nitrogens with zero attached hydrogens (tertiary/aromatic N) is 2. The van der Waals surface area contributed by atoms with E-state index in [1.54, 1.807) is 12.5 Å². The number of aryl methyl sites for hydroxylation is 1. The first kappa shape index (κ1) is 12.1. The Morgan fingerprint density at radius 3 is 2.80 bits per heavy atom. The number of hydrogen-bond donors (Lipinski definition) is 1. The number of thioether (sulfide) groups is 1. The van der Waals surface area contributed by atoms with Gasteiger partial charge >= 0.3 is 5.97 Å². The van der Waals surface area contributed by atoms with Crippen LogP contribution in [-0.2, 0) is 11.3 Å². The maximum atomic E-state index is 10.9. The molecule has 0 aliphatic carbocycles. The Morgan fingerprint density at radius 2 is 2.33 bits per heavy atom. The van der Waals surface area contributed by atoms with Crippen LogP contribution in [0.5, 0.6) is 0 Å². The quantitative estimate of drug-likeness (QED) is 0.805. The molecule has 0 saturated carbocycles. The zero-order valence-electron chi connectivity index (χ0n) is 8.96. The number of carbonyl (C=O) groups is 1. The zero-order chi connectivity index (χ0) is 11.3. The van der Waals surface area contributed by atoms with E-state index in [0.29, 0.717) is 0 Å². The van der Waals surface area contributed by atoms with E-state index in [2.05, 4.69) is 4.98 Å². The van der Waals surface area contributed by atoms with Crippen molar-refractivity contribution in [3.05, 3.63) is 18.7 Å². The van der Waals surface area contributed by atoms with Gasteiger partial charge in [-0.05, 0) is 5.92 Å². The van der Waals surface area contributed by atoms with Crippen LogP contribution < -0.4 is 0 Å². The average molecular weight is 228 g/mol. The second kappa shape index (κ2) is 5.80. The fraction of sp³-hybridized carbons (Fsp3) is 0.600. The van der Waals surface area contributed by atoms with E-state index in [1.807, 2.05) is 24.6 Å². The highest BCUT2D eigenvalue weighted by molar-refractivity contribution is 8.00. The third kappa shape index (κ3) is 3.95. The minimum atomic E-state index is -0.722. The molecule has 0 aliphatic rings. The second-order valence-corrected chi connectivity index (χ2v) is 4.92. The molecule has 1 atom stereocenters. The summed E-state index contributed by atoms with van der Waals surface area (Å²) in [5.41, 5.74) is 0. The molecule has 0 saturated heterocycles. The lowest BCUT2D eigenvalue weighted by molar-refractivity contribution is -0.137. The lowest BCUT2D eigenvalue weighted by atomic mass is 10.1. The van der Waals surface area contributed by atoms with Crippen LogP contribution in [0, 0.1) is 5.92 Å². The van der Waals surface area contributed by atoms with Crippen molar-refractivity contribution in [1.29, 1.82) is 0 Å². The Labute approximate surface area is 93.7 Å². The first-order chi connectivity index (χ1) is 7.11. The number of aromatic nitrogens is 2. The highest BCUT2D eigenvalue weighted by Crippen LogP contribution is 2.19. The molecule has 0 spiro atoms. The van der Waals surface area contributed by atoms with Gasteiger partial charge in [0.2, 0.25) is 0 Å². The largest absolute Gasteiger partial charge is 0.480 e. The number of carboxylic acids is 1. The molecular formula is C10H16N2O2S. The average Bonchev–Trinajstić information content (AvgIpc) is 2.63. The fourth-order valence-corrected chi connectivity index (χ4v) is 2.35. The van der Waals surface area contributed by atoms with Gasteiger partial charge in [-0.2, -0.15) is 0 Å². The normalized spacial score (nSPS) is 13.0. The number of imidazole rings is 1. The summed E-state index contributed by atoms with van der Waals surface area (Å²) >= 11 is 1.49. The van der Waals surface area contributed by atoms with Crippen molar-refractivity contribution in [2.24, 2.45) is 5.92 Å². The van der Waals surface area contributed by atoms with Crippen LogP contribution in [0.25, 0.3) is 0 Å². The molecule has 1 N–H and O–H groups in total. The SMILES string of the molecule is CC(C)C(SCCn1ccnc1)C(=O)O. The standard InChI is InChI=1S/C10H16N2O2S/c1-8(2)9(10(13)14)15-6-5-12-4-3-11-7-12/h3-4,7-9H,5-6H2,1-2H3,(H,13,14). The summed E-state index contributed by atoms with van der Waals surface area (Å²) in [5, 5.41) is 8.65. The molecule has 1 unspecified atom stereocenters. The van der Waals surface area contributed by atoms with Crippen molar-refractivity contribution in [1.82, 2.24) is 9.55 Å². The number of rotatable bonds is 6. The van der Waals surface area contributed by atoms with Crippen LogP contribution in [0.2, 0.25) is 0 Å². The van der Waals surface area contributed by atoms with Crippen molar-refractivity contribution in [2.75, 3.05) is 5.75 Å². The molecule has 1 rings (SSSR count). The molecule has 0 bridgehead atoms. The van der Waals surface area contributed by atoms with E-state index < -0.39 is 5.97 Å². The lowest BCUT2D eigenvalue weighted by Gasteiger charge is -2.15. The number of aliphatic carboxylic acids is 1. The van der Waals surface area contributed by atoms with Crippen molar-refractivity contribution in [3.63, 3.8) is 0 Å². The van der Waals surface area contributed by atoms with Crippen LogP contribution in [-0.4, -0.2) is 31.6 Å². The van der Waals surface area contributed by atoms with Crippen LogP contribution >= 0.6 is 11.8 Å². The fourth-order valence-electron chi connectivity index (χ4n) is 1.25. The molecule has 5 heteroatoms. The molecule has 0 radical (unpaired) electrons. The van der Waals surface area contributed by atoms with Crippen LogP contribution in [0.15, 0.2) is 18.7 Å². The third-order valence-corrected chi connectivity index (χ3v) is 3.58. The van der Waals surface area contributed by atoms with Gasteiger partial charge in [0.25, 0.3) is 0 Å². The molecule has 0 aromatic carbocycles. The van der Waals surface area contributed by atoms with E-state index in [4.69, 9.17) is 5.11 Å². The molecular weight excluding hydrogens is 212 g/mol. The van der Waals surface area contributed by atoms with Crippen molar-refractivity contribution in [2.45, 2.75) is 25.6 Å². The number of carboxylic acid groups (broad SMARTS) is 1. The van der Waals surface area contributed by atoms with Gasteiger partial charge in [0.1, 0.15) is 5.25 Å². The Kier molecular flexibility index (Phi) is 4.68. The molecule has 4 nitrogen and oxygen atoms in total. The Balaban J connectivity index is 2.31. The van der Waals surface area contributed by atoms with Gasteiger partial charge in [0.15, 0.2) is 0 Å². The predicted octanol–water partition coefficient (Wildman–Crippen LogP) is 1.73.